The standard InChI is InChI=1S/C5H8F3NO2/c1-2-4(10)9-11-3-5(6,7)8/h2-3H2,1H3,(H,9,10). The molecule has 3 nitrogen and oxygen atoms in total. The molecular formula is C5H8F3NO2. The number of hydroxylamine groups is 1. The Kier molecular flexibility index (Phi) is 3.88. The van der Waals surface area contributed by atoms with Gasteiger partial charge in [0.2, 0.25) is 5.91 Å². The van der Waals surface area contributed by atoms with E-state index in [9.17, 15) is 18.0 Å². The fourth-order valence-electron chi connectivity index (χ4n) is 0.271. The van der Waals surface area contributed by atoms with Gasteiger partial charge >= 0.3 is 6.18 Å². The van der Waals surface area contributed by atoms with Crippen LogP contribution in [-0.4, -0.2) is 18.7 Å². The zero-order valence-electron chi connectivity index (χ0n) is 5.86. The molecule has 0 aliphatic heterocycles. The van der Waals surface area contributed by atoms with Crippen molar-refractivity contribution in [3.8, 4) is 0 Å². The second-order valence-electron chi connectivity index (χ2n) is 1.78. The van der Waals surface area contributed by atoms with Crippen LogP contribution in [0, 0.1) is 0 Å². The van der Waals surface area contributed by atoms with Gasteiger partial charge in [-0.3, -0.25) is 9.63 Å². The van der Waals surface area contributed by atoms with Crippen LogP contribution in [-0.2, 0) is 9.63 Å². The summed E-state index contributed by atoms with van der Waals surface area (Å²) in [5.74, 6) is -0.575. The minimum atomic E-state index is -4.40. The van der Waals surface area contributed by atoms with Crippen LogP contribution in [0.2, 0.25) is 0 Å². The molecule has 0 heterocycles. The highest BCUT2D eigenvalue weighted by molar-refractivity contribution is 5.74. The third-order valence-corrected chi connectivity index (χ3v) is 0.743. The Balaban J connectivity index is 3.35. The van der Waals surface area contributed by atoms with Gasteiger partial charge in [0.1, 0.15) is 0 Å². The van der Waals surface area contributed by atoms with Crippen molar-refractivity contribution in [3.63, 3.8) is 0 Å². The monoisotopic (exact) mass is 171 g/mol. The van der Waals surface area contributed by atoms with E-state index < -0.39 is 18.7 Å². The number of nitrogens with one attached hydrogen (secondary N) is 1. The molecule has 0 aromatic rings. The molecule has 0 aromatic carbocycles. The molecule has 1 amide bonds. The van der Waals surface area contributed by atoms with Gasteiger partial charge in [0, 0.05) is 6.42 Å². The zero-order chi connectivity index (χ0) is 8.91. The second-order valence-corrected chi connectivity index (χ2v) is 1.78. The lowest BCUT2D eigenvalue weighted by atomic mass is 10.5. The van der Waals surface area contributed by atoms with Crippen LogP contribution in [0.1, 0.15) is 13.3 Å². The Morgan fingerprint density at radius 2 is 2.09 bits per heavy atom. The summed E-state index contributed by atoms with van der Waals surface area (Å²) in [6.45, 7) is 0.0466. The van der Waals surface area contributed by atoms with Crippen molar-refractivity contribution in [2.24, 2.45) is 0 Å². The van der Waals surface area contributed by atoms with Crippen LogP contribution in [0.25, 0.3) is 0 Å². The molecule has 0 aromatic heterocycles. The molecule has 0 fully saturated rings. The highest BCUT2D eigenvalue weighted by Crippen LogP contribution is 2.13. The summed E-state index contributed by atoms with van der Waals surface area (Å²) in [4.78, 5) is 14.1. The van der Waals surface area contributed by atoms with Crippen LogP contribution in [0.4, 0.5) is 13.2 Å². The maximum Gasteiger partial charge on any atom is 0.414 e. The van der Waals surface area contributed by atoms with Gasteiger partial charge in [-0.1, -0.05) is 6.92 Å². The van der Waals surface area contributed by atoms with Crippen molar-refractivity contribution in [1.29, 1.82) is 0 Å². The normalized spacial score (nSPS) is 11.3. The smallest absolute Gasteiger partial charge is 0.273 e. The van der Waals surface area contributed by atoms with E-state index in [0.717, 1.165) is 0 Å². The lowest BCUT2D eigenvalue weighted by Crippen LogP contribution is -2.28. The molecule has 1 N–H and O–H groups in total. The molecule has 11 heavy (non-hydrogen) atoms. The van der Waals surface area contributed by atoms with Gasteiger partial charge in [0.25, 0.3) is 0 Å². The van der Waals surface area contributed by atoms with Crippen molar-refractivity contribution in [3.05, 3.63) is 0 Å². The molecule has 0 aliphatic rings. The Morgan fingerprint density at radius 3 is 2.45 bits per heavy atom. The highest BCUT2D eigenvalue weighted by Gasteiger charge is 2.28. The molecule has 0 unspecified atom stereocenters. The second kappa shape index (κ2) is 4.17. The van der Waals surface area contributed by atoms with E-state index in [1.807, 2.05) is 0 Å². The number of carbonyl (C=O) groups excluding carboxylic acids is 1. The van der Waals surface area contributed by atoms with Gasteiger partial charge in [-0.25, -0.2) is 5.48 Å². The Bertz CT molecular complexity index is 134. The molecule has 66 valence electrons. The van der Waals surface area contributed by atoms with Gasteiger partial charge < -0.3 is 0 Å². The summed E-state index contributed by atoms with van der Waals surface area (Å²) in [6.07, 6.45) is -4.31. The van der Waals surface area contributed by atoms with E-state index in [1.165, 1.54) is 6.92 Å². The predicted molar refractivity (Wildman–Crippen MR) is 30.4 cm³/mol. The minimum Gasteiger partial charge on any atom is -0.273 e. The topological polar surface area (TPSA) is 38.3 Å². The molecule has 0 atom stereocenters. The molecule has 0 aliphatic carbocycles. The number of hydrogen-bond acceptors (Lipinski definition) is 2. The first kappa shape index (κ1) is 10.2. The first-order valence-corrected chi connectivity index (χ1v) is 2.93. The lowest BCUT2D eigenvalue weighted by Gasteiger charge is -2.06. The number of rotatable bonds is 3. The van der Waals surface area contributed by atoms with Crippen molar-refractivity contribution in [2.75, 3.05) is 6.61 Å². The fourth-order valence-corrected chi connectivity index (χ4v) is 0.271. The van der Waals surface area contributed by atoms with E-state index in [4.69, 9.17) is 0 Å². The Hall–Kier alpha value is -0.780. The summed E-state index contributed by atoms with van der Waals surface area (Å²) in [5.41, 5.74) is 1.63. The zero-order valence-corrected chi connectivity index (χ0v) is 5.86. The third kappa shape index (κ3) is 7.11. The third-order valence-electron chi connectivity index (χ3n) is 0.743. The largest absolute Gasteiger partial charge is 0.414 e. The molecule has 0 rings (SSSR count). The Morgan fingerprint density at radius 1 is 1.55 bits per heavy atom. The van der Waals surface area contributed by atoms with Crippen molar-refractivity contribution in [1.82, 2.24) is 5.48 Å². The van der Waals surface area contributed by atoms with Crippen LogP contribution < -0.4 is 5.48 Å². The summed E-state index contributed by atoms with van der Waals surface area (Å²) in [5, 5.41) is 0. The highest BCUT2D eigenvalue weighted by atomic mass is 19.4. The quantitative estimate of drug-likeness (QED) is 0.643. The summed E-state index contributed by atoms with van der Waals surface area (Å²) in [6, 6.07) is 0. The molecular weight excluding hydrogens is 163 g/mol. The maximum atomic E-state index is 11.3. The number of hydrogen-bond donors (Lipinski definition) is 1. The number of carbonyl (C=O) groups is 1. The molecule has 0 bridgehead atoms. The van der Waals surface area contributed by atoms with Crippen molar-refractivity contribution >= 4 is 5.91 Å². The SMILES string of the molecule is CCC(=O)NOCC(F)(F)F. The molecule has 0 saturated carbocycles. The predicted octanol–water partition coefficient (Wildman–Crippen LogP) is 1.01. The van der Waals surface area contributed by atoms with Crippen molar-refractivity contribution < 1.29 is 22.8 Å². The first-order chi connectivity index (χ1) is 4.95. The number of alkyl halides is 3. The molecule has 0 radical (unpaired) electrons. The van der Waals surface area contributed by atoms with Crippen LogP contribution in [0.3, 0.4) is 0 Å². The van der Waals surface area contributed by atoms with Gasteiger partial charge in [0.05, 0.1) is 0 Å². The number of amides is 1. The van der Waals surface area contributed by atoms with Gasteiger partial charge in [-0.2, -0.15) is 13.2 Å². The summed E-state index contributed by atoms with van der Waals surface area (Å²) >= 11 is 0. The summed E-state index contributed by atoms with van der Waals surface area (Å²) < 4.78 is 34.0. The summed E-state index contributed by atoms with van der Waals surface area (Å²) in [7, 11) is 0. The lowest BCUT2D eigenvalue weighted by molar-refractivity contribution is -0.191. The van der Waals surface area contributed by atoms with E-state index in [1.54, 1.807) is 5.48 Å². The minimum absolute atomic E-state index is 0.0951. The van der Waals surface area contributed by atoms with E-state index in [-0.39, 0.29) is 6.42 Å². The van der Waals surface area contributed by atoms with Gasteiger partial charge in [0.15, 0.2) is 6.61 Å². The van der Waals surface area contributed by atoms with E-state index >= 15 is 0 Å². The first-order valence-electron chi connectivity index (χ1n) is 2.93. The van der Waals surface area contributed by atoms with E-state index in [2.05, 4.69) is 4.84 Å². The van der Waals surface area contributed by atoms with Gasteiger partial charge in [-0.15, -0.1) is 0 Å². The average Bonchev–Trinajstić information content (AvgIpc) is 1.85. The fraction of sp³-hybridized carbons (Fsp3) is 0.800. The maximum absolute atomic E-state index is 11.3. The molecule has 6 heteroatoms. The molecule has 0 saturated heterocycles. The Labute approximate surface area is 61.5 Å². The van der Waals surface area contributed by atoms with Crippen molar-refractivity contribution in [2.45, 2.75) is 19.5 Å². The van der Waals surface area contributed by atoms with Gasteiger partial charge in [-0.05, 0) is 0 Å². The van der Waals surface area contributed by atoms with Crippen LogP contribution in [0.5, 0.6) is 0 Å². The van der Waals surface area contributed by atoms with Crippen LogP contribution >= 0.6 is 0 Å². The van der Waals surface area contributed by atoms with E-state index in [0.29, 0.717) is 0 Å². The molecule has 0 spiro atoms. The average molecular weight is 171 g/mol. The van der Waals surface area contributed by atoms with Crippen LogP contribution in [0.15, 0.2) is 0 Å². The number of halogens is 3.